The molecule has 0 radical (unpaired) electrons. The summed E-state index contributed by atoms with van der Waals surface area (Å²) in [5.41, 5.74) is -0.274. The van der Waals surface area contributed by atoms with Crippen molar-refractivity contribution in [3.8, 4) is 0 Å². The highest BCUT2D eigenvalue weighted by atomic mass is 19.1. The minimum atomic E-state index is -1.60. The Morgan fingerprint density at radius 1 is 1.42 bits per heavy atom. The first-order valence-electron chi connectivity index (χ1n) is 3.00. The van der Waals surface area contributed by atoms with Crippen LogP contribution in [0.25, 0.3) is 0 Å². The number of rotatable bonds is 2. The fourth-order valence-corrected chi connectivity index (χ4v) is 0.620. The van der Waals surface area contributed by atoms with Gasteiger partial charge >= 0.3 is 5.97 Å². The van der Waals surface area contributed by atoms with Gasteiger partial charge < -0.3 is 5.11 Å². The Labute approximate surface area is 66.7 Å². The van der Waals surface area contributed by atoms with Crippen LogP contribution in [0.4, 0.5) is 4.39 Å². The summed E-state index contributed by atoms with van der Waals surface area (Å²) in [4.78, 5) is 24.1. The number of hydrogen-bond donors (Lipinski definition) is 1. The third-order valence-corrected chi connectivity index (χ3v) is 1.15. The van der Waals surface area contributed by atoms with Gasteiger partial charge in [-0.1, -0.05) is 0 Å². The fourth-order valence-electron chi connectivity index (χ4n) is 0.620. The molecule has 0 saturated carbocycles. The molecular weight excluding hydrogens is 165 g/mol. The van der Waals surface area contributed by atoms with Crippen LogP contribution in [-0.2, 0) is 4.79 Å². The van der Waals surface area contributed by atoms with Gasteiger partial charge in [0, 0.05) is 0 Å². The molecule has 1 rings (SSSR count). The van der Waals surface area contributed by atoms with E-state index in [1.807, 2.05) is 0 Å². The quantitative estimate of drug-likeness (QED) is 0.516. The molecule has 12 heavy (non-hydrogen) atoms. The lowest BCUT2D eigenvalue weighted by Gasteiger charge is -1.92. The van der Waals surface area contributed by atoms with Crippen molar-refractivity contribution in [1.29, 1.82) is 0 Å². The van der Waals surface area contributed by atoms with Crippen LogP contribution in [-0.4, -0.2) is 21.8 Å². The zero-order valence-corrected chi connectivity index (χ0v) is 5.82. The van der Waals surface area contributed by atoms with E-state index in [4.69, 9.17) is 5.11 Å². The van der Waals surface area contributed by atoms with Gasteiger partial charge in [-0.05, 0) is 12.1 Å². The van der Waals surface area contributed by atoms with Gasteiger partial charge in [0.2, 0.25) is 0 Å². The van der Waals surface area contributed by atoms with Crippen molar-refractivity contribution in [1.82, 2.24) is 4.98 Å². The van der Waals surface area contributed by atoms with Gasteiger partial charge in [0.1, 0.15) is 11.5 Å². The normalized spacial score (nSPS) is 9.42. The van der Waals surface area contributed by atoms with Gasteiger partial charge in [0.25, 0.3) is 5.78 Å². The van der Waals surface area contributed by atoms with E-state index >= 15 is 0 Å². The molecule has 1 aromatic heterocycles. The largest absolute Gasteiger partial charge is 0.475 e. The Kier molecular flexibility index (Phi) is 2.14. The predicted octanol–water partition coefficient (Wildman–Crippen LogP) is 0.488. The second-order valence-corrected chi connectivity index (χ2v) is 2.00. The lowest BCUT2D eigenvalue weighted by atomic mass is 10.2. The molecule has 0 aliphatic heterocycles. The van der Waals surface area contributed by atoms with E-state index in [9.17, 15) is 14.0 Å². The number of aromatic nitrogens is 1. The summed E-state index contributed by atoms with van der Waals surface area (Å²) in [5.74, 6) is -3.36. The maximum Gasteiger partial charge on any atom is 0.378 e. The number of ketones is 1. The van der Waals surface area contributed by atoms with Crippen LogP contribution >= 0.6 is 0 Å². The number of nitrogens with zero attached hydrogens (tertiary/aromatic N) is 1. The Morgan fingerprint density at radius 2 is 2.08 bits per heavy atom. The number of carboxylic acid groups (broad SMARTS) is 1. The van der Waals surface area contributed by atoms with E-state index in [-0.39, 0.29) is 5.69 Å². The topological polar surface area (TPSA) is 67.3 Å². The average Bonchev–Trinajstić information content (AvgIpc) is 2.04. The van der Waals surface area contributed by atoms with Crippen molar-refractivity contribution >= 4 is 11.8 Å². The molecule has 0 saturated heterocycles. The molecule has 0 aliphatic rings. The number of Topliss-reactive ketones (excluding diaryl/α,β-unsaturated/α-hetero) is 1. The first kappa shape index (κ1) is 8.32. The fraction of sp³-hybridized carbons (Fsp3) is 0. The SMILES string of the molecule is O=C(O)C(=O)c1ccc(F)cn1. The molecule has 1 N–H and O–H groups in total. The zero-order chi connectivity index (χ0) is 9.14. The Bertz CT molecular complexity index is 320. The highest BCUT2D eigenvalue weighted by Crippen LogP contribution is 1.98. The lowest BCUT2D eigenvalue weighted by molar-refractivity contribution is -0.131. The van der Waals surface area contributed by atoms with Gasteiger partial charge in [-0.15, -0.1) is 0 Å². The third kappa shape index (κ3) is 1.63. The molecule has 1 heterocycles. The smallest absolute Gasteiger partial charge is 0.378 e. The molecular formula is C7H4FNO3. The Morgan fingerprint density at radius 3 is 2.50 bits per heavy atom. The molecule has 0 amide bonds. The minimum absolute atomic E-state index is 0.274. The molecule has 4 nitrogen and oxygen atoms in total. The summed E-state index contributed by atoms with van der Waals surface area (Å²) >= 11 is 0. The molecule has 0 bridgehead atoms. The van der Waals surface area contributed by atoms with Crippen molar-refractivity contribution in [2.75, 3.05) is 0 Å². The van der Waals surface area contributed by atoms with Gasteiger partial charge in [-0.25, -0.2) is 14.2 Å². The first-order valence-corrected chi connectivity index (χ1v) is 3.00. The van der Waals surface area contributed by atoms with E-state index in [1.54, 1.807) is 0 Å². The van der Waals surface area contributed by atoms with Gasteiger partial charge in [0.15, 0.2) is 0 Å². The summed E-state index contributed by atoms with van der Waals surface area (Å²) in [6.45, 7) is 0. The summed E-state index contributed by atoms with van der Waals surface area (Å²) in [7, 11) is 0. The van der Waals surface area contributed by atoms with Crippen molar-refractivity contribution < 1.29 is 19.1 Å². The number of carbonyl (C=O) groups is 2. The van der Waals surface area contributed by atoms with E-state index in [0.29, 0.717) is 0 Å². The van der Waals surface area contributed by atoms with Crippen LogP contribution in [0.5, 0.6) is 0 Å². The highest BCUT2D eigenvalue weighted by Gasteiger charge is 2.15. The van der Waals surface area contributed by atoms with Crippen LogP contribution in [0.15, 0.2) is 18.3 Å². The van der Waals surface area contributed by atoms with E-state index in [2.05, 4.69) is 4.98 Å². The minimum Gasteiger partial charge on any atom is -0.475 e. The molecule has 1 aromatic rings. The maximum atomic E-state index is 12.2. The number of carbonyl (C=O) groups excluding carboxylic acids is 1. The van der Waals surface area contributed by atoms with E-state index in [1.165, 1.54) is 0 Å². The molecule has 0 aliphatic carbocycles. The molecule has 62 valence electrons. The van der Waals surface area contributed by atoms with Crippen LogP contribution in [0, 0.1) is 5.82 Å². The number of hydrogen-bond acceptors (Lipinski definition) is 3. The Balaban J connectivity index is 2.98. The average molecular weight is 169 g/mol. The van der Waals surface area contributed by atoms with Crippen LogP contribution in [0.2, 0.25) is 0 Å². The third-order valence-electron chi connectivity index (χ3n) is 1.15. The van der Waals surface area contributed by atoms with E-state index in [0.717, 1.165) is 18.3 Å². The predicted molar refractivity (Wildman–Crippen MR) is 36.2 cm³/mol. The maximum absolute atomic E-state index is 12.2. The van der Waals surface area contributed by atoms with Gasteiger partial charge in [-0.2, -0.15) is 0 Å². The summed E-state index contributed by atoms with van der Waals surface area (Å²) in [5, 5.41) is 8.22. The van der Waals surface area contributed by atoms with Crippen molar-refractivity contribution in [2.45, 2.75) is 0 Å². The summed E-state index contributed by atoms with van der Waals surface area (Å²) in [6.07, 6.45) is 0.788. The standard InChI is InChI=1S/C7H4FNO3/c8-4-1-2-5(9-3-4)6(10)7(11)12/h1-3H,(H,11,12). The number of pyridine rings is 1. The molecule has 5 heteroatoms. The van der Waals surface area contributed by atoms with Crippen molar-refractivity contribution in [3.05, 3.63) is 29.8 Å². The van der Waals surface area contributed by atoms with Crippen molar-refractivity contribution in [2.24, 2.45) is 0 Å². The summed E-state index contributed by atoms with van der Waals surface area (Å²) < 4.78 is 12.2. The van der Waals surface area contributed by atoms with Crippen LogP contribution < -0.4 is 0 Å². The summed E-state index contributed by atoms with van der Waals surface area (Å²) in [6, 6.07) is 2.00. The first-order chi connectivity index (χ1) is 5.61. The molecule has 0 fully saturated rings. The monoisotopic (exact) mass is 169 g/mol. The molecule has 0 spiro atoms. The number of carboxylic acids is 1. The van der Waals surface area contributed by atoms with E-state index < -0.39 is 17.6 Å². The highest BCUT2D eigenvalue weighted by molar-refractivity contribution is 6.39. The number of halogens is 1. The molecule has 0 atom stereocenters. The number of aliphatic carboxylic acids is 1. The van der Waals surface area contributed by atoms with Crippen molar-refractivity contribution in [3.63, 3.8) is 0 Å². The van der Waals surface area contributed by atoms with Gasteiger partial charge in [0.05, 0.1) is 6.20 Å². The van der Waals surface area contributed by atoms with Crippen LogP contribution in [0.1, 0.15) is 10.5 Å². The zero-order valence-electron chi connectivity index (χ0n) is 5.82. The second-order valence-electron chi connectivity index (χ2n) is 2.00. The molecule has 0 aromatic carbocycles. The second kappa shape index (κ2) is 3.08. The molecule has 0 unspecified atom stereocenters. The lowest BCUT2D eigenvalue weighted by Crippen LogP contribution is -2.14. The Hall–Kier alpha value is -1.78. The van der Waals surface area contributed by atoms with Gasteiger partial charge in [-0.3, -0.25) is 4.79 Å². The van der Waals surface area contributed by atoms with Crippen LogP contribution in [0.3, 0.4) is 0 Å².